The number of carbonyl (C=O) groups excluding carboxylic acids is 1. The van der Waals surface area contributed by atoms with E-state index in [4.69, 9.17) is 15.2 Å². The van der Waals surface area contributed by atoms with E-state index in [1.54, 1.807) is 30.3 Å². The van der Waals surface area contributed by atoms with Crippen LogP contribution < -0.4 is 20.5 Å². The predicted octanol–water partition coefficient (Wildman–Crippen LogP) is 2.81. The van der Waals surface area contributed by atoms with Crippen molar-refractivity contribution in [2.24, 2.45) is 0 Å². The molecule has 2 aromatic rings. The van der Waals surface area contributed by atoms with Crippen molar-refractivity contribution >= 4 is 33.2 Å². The maximum Gasteiger partial charge on any atom is 0.269 e. The van der Waals surface area contributed by atoms with Crippen molar-refractivity contribution in [3.63, 3.8) is 0 Å². The molecule has 5 nitrogen and oxygen atoms in total. The van der Waals surface area contributed by atoms with E-state index in [1.807, 2.05) is 12.1 Å². The first kappa shape index (κ1) is 13.8. The van der Waals surface area contributed by atoms with Crippen LogP contribution in [0.2, 0.25) is 0 Å². The predicted molar refractivity (Wildman–Crippen MR) is 83.5 cm³/mol. The number of nitrogen functional groups attached to an aromatic ring is 1. The van der Waals surface area contributed by atoms with E-state index < -0.39 is 6.10 Å². The molecule has 0 bridgehead atoms. The summed E-state index contributed by atoms with van der Waals surface area (Å²) in [5, 5.41) is 2.78. The Morgan fingerprint density at radius 3 is 2.76 bits per heavy atom. The Hall–Kier alpha value is -2.21. The maximum absolute atomic E-state index is 12.2. The summed E-state index contributed by atoms with van der Waals surface area (Å²) < 4.78 is 11.9. The summed E-state index contributed by atoms with van der Waals surface area (Å²) in [7, 11) is 0. The number of para-hydroxylation sites is 2. The Balaban J connectivity index is 1.70. The molecule has 0 saturated heterocycles. The summed E-state index contributed by atoms with van der Waals surface area (Å²) in [6, 6.07) is 12.5. The van der Waals surface area contributed by atoms with Crippen molar-refractivity contribution in [1.29, 1.82) is 0 Å². The fourth-order valence-corrected chi connectivity index (χ4v) is 2.36. The SMILES string of the molecule is Nc1ccc(NC(=O)C2COc3ccccc3O2)cc1Br. The van der Waals surface area contributed by atoms with Crippen LogP contribution in [0.4, 0.5) is 11.4 Å². The van der Waals surface area contributed by atoms with Gasteiger partial charge in [0.05, 0.1) is 0 Å². The number of fused-ring (bicyclic) bond motifs is 1. The van der Waals surface area contributed by atoms with Gasteiger partial charge in [0.1, 0.15) is 6.61 Å². The molecule has 1 aliphatic rings. The quantitative estimate of drug-likeness (QED) is 0.818. The van der Waals surface area contributed by atoms with Gasteiger partial charge in [0.25, 0.3) is 5.91 Å². The molecule has 0 radical (unpaired) electrons. The molecule has 3 rings (SSSR count). The Morgan fingerprint density at radius 1 is 1.24 bits per heavy atom. The fraction of sp³-hybridized carbons (Fsp3) is 0.133. The molecule has 0 saturated carbocycles. The second-order valence-electron chi connectivity index (χ2n) is 4.59. The second kappa shape index (κ2) is 5.65. The Kier molecular flexibility index (Phi) is 3.70. The summed E-state index contributed by atoms with van der Waals surface area (Å²) in [6.45, 7) is 0.180. The molecule has 108 valence electrons. The highest BCUT2D eigenvalue weighted by Crippen LogP contribution is 2.31. The monoisotopic (exact) mass is 348 g/mol. The molecule has 1 atom stereocenters. The molecule has 1 unspecified atom stereocenters. The number of ether oxygens (including phenoxy) is 2. The van der Waals surface area contributed by atoms with E-state index in [1.165, 1.54) is 0 Å². The third kappa shape index (κ3) is 2.95. The Labute approximate surface area is 130 Å². The van der Waals surface area contributed by atoms with Crippen LogP contribution in [-0.2, 0) is 4.79 Å². The molecule has 0 fully saturated rings. The molecule has 1 amide bonds. The number of hydrogen-bond acceptors (Lipinski definition) is 4. The van der Waals surface area contributed by atoms with Crippen LogP contribution in [0.1, 0.15) is 0 Å². The number of hydrogen-bond donors (Lipinski definition) is 2. The second-order valence-corrected chi connectivity index (χ2v) is 5.44. The van der Waals surface area contributed by atoms with Gasteiger partial charge in [-0.25, -0.2) is 0 Å². The molecular weight excluding hydrogens is 336 g/mol. The molecule has 6 heteroatoms. The number of nitrogens with one attached hydrogen (secondary N) is 1. The summed E-state index contributed by atoms with van der Waals surface area (Å²) in [5.74, 6) is 0.959. The van der Waals surface area contributed by atoms with Crippen LogP contribution in [0, 0.1) is 0 Å². The van der Waals surface area contributed by atoms with Crippen LogP contribution in [0.5, 0.6) is 11.5 Å². The molecule has 0 aromatic heterocycles. The van der Waals surface area contributed by atoms with Gasteiger partial charge in [0.2, 0.25) is 6.10 Å². The topological polar surface area (TPSA) is 73.6 Å². The van der Waals surface area contributed by atoms with Crippen molar-refractivity contribution in [2.75, 3.05) is 17.7 Å². The summed E-state index contributed by atoms with van der Waals surface area (Å²) in [5.41, 5.74) is 6.96. The zero-order valence-corrected chi connectivity index (χ0v) is 12.6. The fourth-order valence-electron chi connectivity index (χ4n) is 1.98. The van der Waals surface area contributed by atoms with Gasteiger partial charge in [-0.1, -0.05) is 12.1 Å². The van der Waals surface area contributed by atoms with Crippen molar-refractivity contribution < 1.29 is 14.3 Å². The molecule has 3 N–H and O–H groups in total. The van der Waals surface area contributed by atoms with Gasteiger partial charge in [-0.3, -0.25) is 4.79 Å². The first-order chi connectivity index (χ1) is 10.1. The van der Waals surface area contributed by atoms with Crippen LogP contribution in [0.3, 0.4) is 0 Å². The highest BCUT2D eigenvalue weighted by molar-refractivity contribution is 9.10. The van der Waals surface area contributed by atoms with Gasteiger partial charge in [0.15, 0.2) is 11.5 Å². The minimum atomic E-state index is -0.684. The number of rotatable bonds is 2. The average Bonchev–Trinajstić information content (AvgIpc) is 2.50. The third-order valence-electron chi connectivity index (χ3n) is 3.07. The minimum absolute atomic E-state index is 0.180. The number of nitrogens with two attached hydrogens (primary N) is 1. The lowest BCUT2D eigenvalue weighted by Gasteiger charge is -2.25. The normalized spacial score (nSPS) is 16.3. The first-order valence-corrected chi connectivity index (χ1v) is 7.17. The number of amides is 1. The van der Waals surface area contributed by atoms with Crippen LogP contribution in [-0.4, -0.2) is 18.6 Å². The van der Waals surface area contributed by atoms with Crippen molar-refractivity contribution in [3.8, 4) is 11.5 Å². The van der Waals surface area contributed by atoms with Crippen molar-refractivity contribution in [2.45, 2.75) is 6.10 Å². The van der Waals surface area contributed by atoms with Gasteiger partial charge in [-0.05, 0) is 46.3 Å². The van der Waals surface area contributed by atoms with Crippen LogP contribution in [0.15, 0.2) is 46.9 Å². The smallest absolute Gasteiger partial charge is 0.269 e. The largest absolute Gasteiger partial charge is 0.485 e. The summed E-state index contributed by atoms with van der Waals surface area (Å²) in [4.78, 5) is 12.2. The lowest BCUT2D eigenvalue weighted by atomic mass is 10.2. The van der Waals surface area contributed by atoms with E-state index in [0.717, 1.165) is 4.47 Å². The van der Waals surface area contributed by atoms with Crippen molar-refractivity contribution in [1.82, 2.24) is 0 Å². The zero-order valence-electron chi connectivity index (χ0n) is 11.0. The lowest BCUT2D eigenvalue weighted by Crippen LogP contribution is -2.40. The molecule has 0 aliphatic carbocycles. The number of halogens is 1. The van der Waals surface area contributed by atoms with Gasteiger partial charge in [0, 0.05) is 15.8 Å². The molecule has 2 aromatic carbocycles. The molecular formula is C15H13BrN2O3. The average molecular weight is 349 g/mol. The summed E-state index contributed by atoms with van der Waals surface area (Å²) in [6.07, 6.45) is -0.684. The number of carbonyl (C=O) groups is 1. The maximum atomic E-state index is 12.2. The van der Waals surface area contributed by atoms with E-state index in [-0.39, 0.29) is 12.5 Å². The first-order valence-electron chi connectivity index (χ1n) is 6.38. The Morgan fingerprint density at radius 2 is 2.00 bits per heavy atom. The summed E-state index contributed by atoms with van der Waals surface area (Å²) >= 11 is 3.32. The van der Waals surface area contributed by atoms with E-state index >= 15 is 0 Å². The van der Waals surface area contributed by atoms with Gasteiger partial charge >= 0.3 is 0 Å². The lowest BCUT2D eigenvalue weighted by molar-refractivity contribution is -0.125. The standard InChI is InChI=1S/C15H13BrN2O3/c16-10-7-9(5-6-11(10)17)18-15(19)14-8-20-12-3-1-2-4-13(12)21-14/h1-7,14H,8,17H2,(H,18,19). The Bertz CT molecular complexity index is 690. The highest BCUT2D eigenvalue weighted by Gasteiger charge is 2.27. The number of benzene rings is 2. The van der Waals surface area contributed by atoms with E-state index in [9.17, 15) is 4.79 Å². The van der Waals surface area contributed by atoms with Crippen LogP contribution in [0.25, 0.3) is 0 Å². The van der Waals surface area contributed by atoms with Gasteiger partial charge in [-0.2, -0.15) is 0 Å². The molecule has 1 heterocycles. The highest BCUT2D eigenvalue weighted by atomic mass is 79.9. The van der Waals surface area contributed by atoms with E-state index in [0.29, 0.717) is 22.9 Å². The van der Waals surface area contributed by atoms with Crippen LogP contribution >= 0.6 is 15.9 Å². The minimum Gasteiger partial charge on any atom is -0.485 e. The molecule has 1 aliphatic heterocycles. The van der Waals surface area contributed by atoms with E-state index in [2.05, 4.69) is 21.2 Å². The van der Waals surface area contributed by atoms with Crippen molar-refractivity contribution in [3.05, 3.63) is 46.9 Å². The van der Waals surface area contributed by atoms with Gasteiger partial charge < -0.3 is 20.5 Å². The zero-order chi connectivity index (χ0) is 14.8. The third-order valence-corrected chi connectivity index (χ3v) is 3.76. The molecule has 0 spiro atoms. The number of anilines is 2. The molecule has 21 heavy (non-hydrogen) atoms. The van der Waals surface area contributed by atoms with Gasteiger partial charge in [-0.15, -0.1) is 0 Å².